The lowest BCUT2D eigenvalue weighted by molar-refractivity contribution is -0.205. The SMILES string of the molecule is CN(Cc1ccccc1)c1ccc(SC2OC(CO)C(O)C(O)C2O)cc1. The lowest BCUT2D eigenvalue weighted by Gasteiger charge is -2.39. The van der Waals surface area contributed by atoms with Gasteiger partial charge in [0.2, 0.25) is 0 Å². The number of aliphatic hydroxyl groups is 4. The number of benzene rings is 2. The van der Waals surface area contributed by atoms with E-state index in [9.17, 15) is 20.4 Å². The van der Waals surface area contributed by atoms with Crippen molar-refractivity contribution in [3.63, 3.8) is 0 Å². The highest BCUT2D eigenvalue weighted by Crippen LogP contribution is 2.34. The molecular weight excluding hydrogens is 366 g/mol. The highest BCUT2D eigenvalue weighted by atomic mass is 32.2. The molecule has 1 heterocycles. The molecule has 1 aliphatic heterocycles. The Hall–Kier alpha value is -1.61. The van der Waals surface area contributed by atoms with Crippen LogP contribution >= 0.6 is 11.8 Å². The molecule has 1 fully saturated rings. The zero-order valence-corrected chi connectivity index (χ0v) is 15.9. The molecule has 4 N–H and O–H groups in total. The van der Waals surface area contributed by atoms with E-state index >= 15 is 0 Å². The third kappa shape index (κ3) is 4.82. The summed E-state index contributed by atoms with van der Waals surface area (Å²) >= 11 is 1.25. The first-order valence-corrected chi connectivity index (χ1v) is 9.70. The lowest BCUT2D eigenvalue weighted by Crippen LogP contribution is -2.57. The highest BCUT2D eigenvalue weighted by molar-refractivity contribution is 7.99. The molecule has 0 aromatic heterocycles. The monoisotopic (exact) mass is 391 g/mol. The summed E-state index contributed by atoms with van der Waals surface area (Å²) in [6.07, 6.45) is -4.83. The molecule has 0 spiro atoms. The summed E-state index contributed by atoms with van der Waals surface area (Å²) in [7, 11) is 2.02. The van der Waals surface area contributed by atoms with Gasteiger partial charge in [-0.25, -0.2) is 0 Å². The van der Waals surface area contributed by atoms with Crippen molar-refractivity contribution in [1.82, 2.24) is 0 Å². The van der Waals surface area contributed by atoms with Crippen LogP contribution in [0.2, 0.25) is 0 Å². The quantitative estimate of drug-likeness (QED) is 0.588. The van der Waals surface area contributed by atoms with Crippen LogP contribution in [0.4, 0.5) is 5.69 Å². The smallest absolute Gasteiger partial charge is 0.136 e. The van der Waals surface area contributed by atoms with Gasteiger partial charge in [0.25, 0.3) is 0 Å². The van der Waals surface area contributed by atoms with Crippen molar-refractivity contribution in [3.05, 3.63) is 60.2 Å². The van der Waals surface area contributed by atoms with Crippen molar-refractivity contribution >= 4 is 17.4 Å². The van der Waals surface area contributed by atoms with E-state index in [2.05, 4.69) is 17.0 Å². The second-order valence-electron chi connectivity index (χ2n) is 6.65. The van der Waals surface area contributed by atoms with Crippen LogP contribution in [0.15, 0.2) is 59.5 Å². The van der Waals surface area contributed by atoms with E-state index in [-0.39, 0.29) is 0 Å². The Bertz CT molecular complexity index is 712. The van der Waals surface area contributed by atoms with Crippen molar-refractivity contribution in [2.24, 2.45) is 0 Å². The van der Waals surface area contributed by atoms with Crippen molar-refractivity contribution in [1.29, 1.82) is 0 Å². The Balaban J connectivity index is 1.63. The molecule has 27 heavy (non-hydrogen) atoms. The zero-order valence-electron chi connectivity index (χ0n) is 15.0. The molecule has 0 aliphatic carbocycles. The molecule has 2 aromatic carbocycles. The molecule has 1 aliphatic rings. The molecular formula is C20H25NO5S. The van der Waals surface area contributed by atoms with Crippen molar-refractivity contribution < 1.29 is 25.2 Å². The van der Waals surface area contributed by atoms with E-state index in [0.29, 0.717) is 0 Å². The molecule has 1 saturated heterocycles. The first kappa shape index (κ1) is 20.1. The normalized spacial score (nSPS) is 28.1. The van der Waals surface area contributed by atoms with Crippen LogP contribution in [0, 0.1) is 0 Å². The second-order valence-corrected chi connectivity index (χ2v) is 7.82. The van der Waals surface area contributed by atoms with Gasteiger partial charge < -0.3 is 30.1 Å². The number of hydrogen-bond acceptors (Lipinski definition) is 7. The highest BCUT2D eigenvalue weighted by Gasteiger charge is 2.43. The van der Waals surface area contributed by atoms with Gasteiger partial charge in [-0.05, 0) is 29.8 Å². The number of ether oxygens (including phenoxy) is 1. The summed E-state index contributed by atoms with van der Waals surface area (Å²) in [4.78, 5) is 2.99. The standard InChI is InChI=1S/C20H25NO5S/c1-21(11-13-5-3-2-4-6-13)14-7-9-15(10-8-14)27-20-19(25)18(24)17(23)16(12-22)26-20/h2-10,16-20,22-25H,11-12H2,1H3. The minimum atomic E-state index is -1.36. The van der Waals surface area contributed by atoms with E-state index in [1.54, 1.807) is 0 Å². The van der Waals surface area contributed by atoms with Gasteiger partial charge in [-0.15, -0.1) is 0 Å². The Labute approximate surface area is 163 Å². The van der Waals surface area contributed by atoms with E-state index < -0.39 is 36.5 Å². The Kier molecular flexibility index (Phi) is 6.75. The zero-order chi connectivity index (χ0) is 19.4. The molecule has 0 amide bonds. The fraction of sp³-hybridized carbons (Fsp3) is 0.400. The van der Waals surface area contributed by atoms with Crippen LogP contribution in [0.5, 0.6) is 0 Å². The Morgan fingerprint density at radius 1 is 0.926 bits per heavy atom. The van der Waals surface area contributed by atoms with Crippen LogP contribution in [-0.2, 0) is 11.3 Å². The minimum Gasteiger partial charge on any atom is -0.394 e. The summed E-state index contributed by atoms with van der Waals surface area (Å²) in [5.74, 6) is 0. The van der Waals surface area contributed by atoms with Gasteiger partial charge in [-0.1, -0.05) is 42.1 Å². The number of rotatable bonds is 6. The predicted octanol–water partition coefficient (Wildman–Crippen LogP) is 1.21. The largest absolute Gasteiger partial charge is 0.394 e. The summed E-state index contributed by atoms with van der Waals surface area (Å²) in [6, 6.07) is 18.0. The molecule has 7 heteroatoms. The predicted molar refractivity (Wildman–Crippen MR) is 105 cm³/mol. The average molecular weight is 391 g/mol. The summed E-state index contributed by atoms with van der Waals surface area (Å²) < 4.78 is 5.53. The number of nitrogens with zero attached hydrogens (tertiary/aromatic N) is 1. The molecule has 0 bridgehead atoms. The molecule has 146 valence electrons. The average Bonchev–Trinajstić information content (AvgIpc) is 2.69. The third-order valence-corrected chi connectivity index (χ3v) is 5.81. The summed E-state index contributed by atoms with van der Waals surface area (Å²) in [6.45, 7) is 0.366. The van der Waals surface area contributed by atoms with Crippen LogP contribution in [0.1, 0.15) is 5.56 Å². The van der Waals surface area contributed by atoms with Crippen molar-refractivity contribution in [2.45, 2.75) is 41.3 Å². The van der Waals surface area contributed by atoms with Crippen LogP contribution in [0.3, 0.4) is 0 Å². The molecule has 5 unspecified atom stereocenters. The van der Waals surface area contributed by atoms with E-state index in [0.717, 1.165) is 17.1 Å². The Morgan fingerprint density at radius 2 is 1.59 bits per heavy atom. The maximum absolute atomic E-state index is 10.1. The Morgan fingerprint density at radius 3 is 2.22 bits per heavy atom. The van der Waals surface area contributed by atoms with E-state index in [4.69, 9.17) is 4.74 Å². The van der Waals surface area contributed by atoms with Gasteiger partial charge in [0.05, 0.1) is 6.61 Å². The molecule has 5 atom stereocenters. The summed E-state index contributed by atoms with van der Waals surface area (Å²) in [5, 5.41) is 39.2. The van der Waals surface area contributed by atoms with Crippen molar-refractivity contribution in [2.75, 3.05) is 18.6 Å². The van der Waals surface area contributed by atoms with Crippen molar-refractivity contribution in [3.8, 4) is 0 Å². The topological polar surface area (TPSA) is 93.4 Å². The van der Waals surface area contributed by atoms with Crippen LogP contribution < -0.4 is 4.90 Å². The number of anilines is 1. The van der Waals surface area contributed by atoms with Gasteiger partial charge in [-0.3, -0.25) is 0 Å². The minimum absolute atomic E-state index is 0.425. The second kappa shape index (κ2) is 9.05. The first-order chi connectivity index (χ1) is 13.0. The lowest BCUT2D eigenvalue weighted by atomic mass is 10.0. The molecule has 2 aromatic rings. The molecule has 0 radical (unpaired) electrons. The van der Waals surface area contributed by atoms with Gasteiger partial charge >= 0.3 is 0 Å². The fourth-order valence-electron chi connectivity index (χ4n) is 3.03. The molecule has 3 rings (SSSR count). The molecule has 0 saturated carbocycles. The number of hydrogen-bond donors (Lipinski definition) is 4. The van der Waals surface area contributed by atoms with Crippen LogP contribution in [-0.4, -0.2) is 63.9 Å². The van der Waals surface area contributed by atoms with E-state index in [1.165, 1.54) is 17.3 Å². The fourth-order valence-corrected chi connectivity index (χ4v) is 4.09. The maximum Gasteiger partial charge on any atom is 0.136 e. The van der Waals surface area contributed by atoms with E-state index in [1.807, 2.05) is 49.5 Å². The third-order valence-electron chi connectivity index (χ3n) is 4.64. The maximum atomic E-state index is 10.1. The summed E-state index contributed by atoms with van der Waals surface area (Å²) in [5.41, 5.74) is 1.50. The number of aliphatic hydroxyl groups excluding tert-OH is 4. The van der Waals surface area contributed by atoms with Crippen LogP contribution in [0.25, 0.3) is 0 Å². The molecule has 6 nitrogen and oxygen atoms in total. The van der Waals surface area contributed by atoms with Gasteiger partial charge in [-0.2, -0.15) is 0 Å². The first-order valence-electron chi connectivity index (χ1n) is 8.82. The van der Waals surface area contributed by atoms with Gasteiger partial charge in [0, 0.05) is 24.2 Å². The van der Waals surface area contributed by atoms with Gasteiger partial charge in [0.15, 0.2) is 0 Å². The number of thioether (sulfide) groups is 1. The van der Waals surface area contributed by atoms with Gasteiger partial charge in [0.1, 0.15) is 29.9 Å².